The molecule has 0 aliphatic carbocycles. The second-order valence-corrected chi connectivity index (χ2v) is 11.2. The summed E-state index contributed by atoms with van der Waals surface area (Å²) in [5, 5.41) is 3.90. The Labute approximate surface area is 263 Å². The number of hydrogen-bond donors (Lipinski definition) is 0. The molecule has 0 amide bonds. The van der Waals surface area contributed by atoms with Crippen LogP contribution in [0.15, 0.2) is 139 Å². The molecule has 0 aliphatic rings. The highest BCUT2D eigenvalue weighted by atomic mass is 16.5. The van der Waals surface area contributed by atoms with Crippen molar-refractivity contribution in [2.75, 3.05) is 14.2 Å². The molecule has 0 saturated carbocycles. The normalized spacial score (nSPS) is 11.7. The van der Waals surface area contributed by atoms with Gasteiger partial charge in [0.2, 0.25) is 0 Å². The molecule has 5 aromatic carbocycles. The van der Waals surface area contributed by atoms with E-state index in [0.717, 1.165) is 89.2 Å². The van der Waals surface area contributed by atoms with Crippen LogP contribution in [-0.4, -0.2) is 14.2 Å². The molecule has 0 N–H and O–H groups in total. The van der Waals surface area contributed by atoms with Gasteiger partial charge in [-0.05, 0) is 60.7 Å². The van der Waals surface area contributed by atoms with Crippen LogP contribution in [0.1, 0.15) is 0 Å². The van der Waals surface area contributed by atoms with Gasteiger partial charge in [-0.3, -0.25) is 0 Å². The lowest BCUT2D eigenvalue weighted by atomic mass is 10.0. The van der Waals surface area contributed by atoms with Crippen LogP contribution >= 0.6 is 0 Å². The molecule has 0 unspecified atom stereocenters. The minimum atomic E-state index is 0.707. The van der Waals surface area contributed by atoms with Gasteiger partial charge in [-0.15, -0.1) is 0 Å². The third kappa shape index (κ3) is 4.19. The monoisotopic (exact) mass is 602 g/mol. The lowest BCUT2D eigenvalue weighted by Gasteiger charge is -2.06. The van der Waals surface area contributed by atoms with Crippen LogP contribution in [0, 0.1) is 0 Å². The number of ether oxygens (including phenoxy) is 2. The van der Waals surface area contributed by atoms with Gasteiger partial charge < -0.3 is 27.1 Å². The minimum Gasteiger partial charge on any atom is -0.496 e. The first kappa shape index (κ1) is 26.3. The molecule has 0 saturated heterocycles. The Kier molecular flexibility index (Phi) is 5.83. The van der Waals surface area contributed by atoms with Gasteiger partial charge in [0.25, 0.3) is 0 Å². The molecule has 6 nitrogen and oxygen atoms in total. The van der Waals surface area contributed by atoms with E-state index < -0.39 is 0 Å². The van der Waals surface area contributed by atoms with Crippen molar-refractivity contribution in [2.45, 2.75) is 0 Å². The number of rotatable bonds is 6. The van der Waals surface area contributed by atoms with E-state index in [2.05, 4.69) is 0 Å². The summed E-state index contributed by atoms with van der Waals surface area (Å²) in [5.41, 5.74) is 6.57. The molecule has 9 aromatic rings. The fourth-order valence-corrected chi connectivity index (χ4v) is 6.26. The molecular formula is C40H26O6. The summed E-state index contributed by atoms with van der Waals surface area (Å²) in [4.78, 5) is 0. The molecule has 0 fully saturated rings. The SMILES string of the molecule is COc1cc2cc(-c3ccccc3-c3cc4cc(OC)c(-c5cc6ccccc6o5)cc4o3)oc2cc1-c1cc2ccccc2o1. The van der Waals surface area contributed by atoms with Crippen molar-refractivity contribution in [1.29, 1.82) is 0 Å². The standard InChI is InChI=1S/C40H26O6/c1-41-35-17-25-19-37(45-33(25)21-29(35)39-15-23-9-3-7-13-31(23)43-39)27-11-5-6-12-28(27)38-20-26-18-36(42-2)30(22-34(26)46-38)40-16-24-10-4-8-14-32(24)44-40/h3-22H,1-2H3. The molecule has 0 atom stereocenters. The van der Waals surface area contributed by atoms with Crippen molar-refractivity contribution in [2.24, 2.45) is 0 Å². The second kappa shape index (κ2) is 10.2. The second-order valence-electron chi connectivity index (χ2n) is 11.2. The first-order valence-electron chi connectivity index (χ1n) is 15.0. The van der Waals surface area contributed by atoms with Gasteiger partial charge in [0.05, 0.1) is 25.3 Å². The smallest absolute Gasteiger partial charge is 0.139 e. The van der Waals surface area contributed by atoms with E-state index in [1.54, 1.807) is 14.2 Å². The maximum Gasteiger partial charge on any atom is 0.139 e. The number of furan rings is 4. The maximum atomic E-state index is 6.50. The van der Waals surface area contributed by atoms with Crippen LogP contribution in [-0.2, 0) is 0 Å². The number of methoxy groups -OCH3 is 2. The predicted octanol–water partition coefficient (Wildman–Crippen LogP) is 11.4. The van der Waals surface area contributed by atoms with Crippen molar-refractivity contribution in [3.63, 3.8) is 0 Å². The highest BCUT2D eigenvalue weighted by Gasteiger charge is 2.20. The topological polar surface area (TPSA) is 71.0 Å². The summed E-state index contributed by atoms with van der Waals surface area (Å²) in [6.45, 7) is 0. The summed E-state index contributed by atoms with van der Waals surface area (Å²) >= 11 is 0. The highest BCUT2D eigenvalue weighted by molar-refractivity contribution is 5.95. The summed E-state index contributed by atoms with van der Waals surface area (Å²) in [6, 6.07) is 40.0. The van der Waals surface area contributed by atoms with Crippen LogP contribution in [0.3, 0.4) is 0 Å². The molecule has 0 radical (unpaired) electrons. The summed E-state index contributed by atoms with van der Waals surface area (Å²) < 4.78 is 36.9. The Balaban J connectivity index is 1.14. The number of benzene rings is 5. The number of para-hydroxylation sites is 2. The van der Waals surface area contributed by atoms with Gasteiger partial charge in [-0.25, -0.2) is 0 Å². The fraction of sp³-hybridized carbons (Fsp3) is 0.0500. The molecule has 4 heterocycles. The van der Waals surface area contributed by atoms with E-state index >= 15 is 0 Å². The molecule has 4 aromatic heterocycles. The van der Waals surface area contributed by atoms with Gasteiger partial charge in [-0.1, -0.05) is 60.7 Å². The van der Waals surface area contributed by atoms with Crippen LogP contribution in [0.2, 0.25) is 0 Å². The third-order valence-electron chi connectivity index (χ3n) is 8.52. The first-order chi connectivity index (χ1) is 22.6. The van der Waals surface area contributed by atoms with Gasteiger partial charge in [0.15, 0.2) is 0 Å². The zero-order valence-corrected chi connectivity index (χ0v) is 25.0. The zero-order chi connectivity index (χ0) is 30.8. The first-order valence-corrected chi connectivity index (χ1v) is 15.0. The third-order valence-corrected chi connectivity index (χ3v) is 8.52. The molecule has 0 bridgehead atoms. The Morgan fingerprint density at radius 2 is 0.717 bits per heavy atom. The number of fused-ring (bicyclic) bond motifs is 4. The average molecular weight is 603 g/mol. The van der Waals surface area contributed by atoms with Crippen LogP contribution in [0.25, 0.3) is 89.2 Å². The predicted molar refractivity (Wildman–Crippen MR) is 180 cm³/mol. The van der Waals surface area contributed by atoms with E-state index in [1.165, 1.54) is 0 Å². The molecule has 46 heavy (non-hydrogen) atoms. The van der Waals surface area contributed by atoms with Crippen molar-refractivity contribution in [3.05, 3.63) is 121 Å². The van der Waals surface area contributed by atoms with E-state index in [9.17, 15) is 0 Å². The Bertz CT molecular complexity index is 2330. The van der Waals surface area contributed by atoms with Crippen molar-refractivity contribution >= 4 is 43.9 Å². The van der Waals surface area contributed by atoms with E-state index in [1.807, 2.05) is 121 Å². The van der Waals surface area contributed by atoms with E-state index in [-0.39, 0.29) is 0 Å². The lowest BCUT2D eigenvalue weighted by molar-refractivity contribution is 0.415. The van der Waals surface area contributed by atoms with Gasteiger partial charge in [0, 0.05) is 32.7 Å². The van der Waals surface area contributed by atoms with Crippen LogP contribution in [0.5, 0.6) is 11.5 Å². The van der Waals surface area contributed by atoms with E-state index in [0.29, 0.717) is 11.5 Å². The highest BCUT2D eigenvalue weighted by Crippen LogP contribution is 2.43. The summed E-state index contributed by atoms with van der Waals surface area (Å²) in [7, 11) is 3.33. The van der Waals surface area contributed by atoms with E-state index in [4.69, 9.17) is 27.1 Å². The molecule has 0 aliphatic heterocycles. The van der Waals surface area contributed by atoms with Crippen molar-refractivity contribution in [1.82, 2.24) is 0 Å². The quantitative estimate of drug-likeness (QED) is 0.189. The summed E-state index contributed by atoms with van der Waals surface area (Å²) in [6.07, 6.45) is 0. The van der Waals surface area contributed by atoms with Gasteiger partial charge in [-0.2, -0.15) is 0 Å². The molecule has 0 spiro atoms. The Morgan fingerprint density at radius 3 is 1.15 bits per heavy atom. The fourth-order valence-electron chi connectivity index (χ4n) is 6.26. The van der Waals surface area contributed by atoms with Crippen molar-refractivity contribution < 1.29 is 27.1 Å². The molecule has 222 valence electrons. The van der Waals surface area contributed by atoms with Gasteiger partial charge in [0.1, 0.15) is 56.9 Å². The Hall–Kier alpha value is -6.14. The lowest BCUT2D eigenvalue weighted by Crippen LogP contribution is -1.86. The van der Waals surface area contributed by atoms with Gasteiger partial charge >= 0.3 is 0 Å². The average Bonchev–Trinajstić information content (AvgIpc) is 3.90. The van der Waals surface area contributed by atoms with Crippen LogP contribution in [0.4, 0.5) is 0 Å². The Morgan fingerprint density at radius 1 is 0.348 bits per heavy atom. The maximum absolute atomic E-state index is 6.50. The molecule has 6 heteroatoms. The van der Waals surface area contributed by atoms with Crippen molar-refractivity contribution in [3.8, 4) is 56.8 Å². The zero-order valence-electron chi connectivity index (χ0n) is 25.0. The minimum absolute atomic E-state index is 0.707. The van der Waals surface area contributed by atoms with Crippen LogP contribution < -0.4 is 9.47 Å². The number of hydrogen-bond acceptors (Lipinski definition) is 6. The largest absolute Gasteiger partial charge is 0.496 e. The molecule has 9 rings (SSSR count). The molecular weight excluding hydrogens is 576 g/mol. The summed E-state index contributed by atoms with van der Waals surface area (Å²) in [5.74, 6) is 4.29.